The van der Waals surface area contributed by atoms with E-state index in [9.17, 15) is 0 Å². The first kappa shape index (κ1) is 5.75. The van der Waals surface area contributed by atoms with E-state index < -0.39 is 0 Å². The molecule has 0 aliphatic carbocycles. The van der Waals surface area contributed by atoms with E-state index in [0.29, 0.717) is 0 Å². The van der Waals surface area contributed by atoms with Gasteiger partial charge in [0, 0.05) is 12.3 Å². The van der Waals surface area contributed by atoms with E-state index >= 15 is 0 Å². The molecule has 3 nitrogen and oxygen atoms in total. The van der Waals surface area contributed by atoms with E-state index in [4.69, 9.17) is 5.11 Å². The van der Waals surface area contributed by atoms with Crippen LogP contribution in [0, 0.1) is 0 Å². The topological polar surface area (TPSA) is 45.0 Å². The summed E-state index contributed by atoms with van der Waals surface area (Å²) in [6.45, 7) is 0. The maximum absolute atomic E-state index is 8.84. The summed E-state index contributed by atoms with van der Waals surface area (Å²) in [6, 6.07) is 0. The summed E-state index contributed by atoms with van der Waals surface area (Å²) in [7, 11) is 0. The molecule has 0 fully saturated rings. The third-order valence-electron chi connectivity index (χ3n) is 0.798. The van der Waals surface area contributed by atoms with E-state index in [2.05, 4.69) is 10.2 Å². The molecule has 0 aromatic heterocycles. The van der Waals surface area contributed by atoms with Crippen LogP contribution in [-0.4, -0.2) is 5.11 Å². The Morgan fingerprint density at radius 3 is 2.89 bits per heavy atom. The molecule has 46 valence electrons. The number of azo groups is 1. The van der Waals surface area contributed by atoms with Crippen molar-refractivity contribution in [2.45, 2.75) is 0 Å². The number of hydrogen-bond acceptors (Lipinski definition) is 3. The molecular weight excluding hydrogens is 116 g/mol. The highest BCUT2D eigenvalue weighted by molar-refractivity contribution is 5.17. The molecule has 1 N–H and O–H groups in total. The minimum absolute atomic E-state index is 0.185. The van der Waals surface area contributed by atoms with Gasteiger partial charge in [0.05, 0.1) is 6.20 Å². The number of aliphatic hydroxyl groups is 1. The summed E-state index contributed by atoms with van der Waals surface area (Å²) in [5.41, 5.74) is 0. The lowest BCUT2D eigenvalue weighted by Crippen LogP contribution is -1.71. The number of allylic oxidation sites excluding steroid dienone is 3. The Hall–Kier alpha value is -1.38. The molecule has 0 unspecified atom stereocenters. The summed E-state index contributed by atoms with van der Waals surface area (Å²) in [5, 5.41) is 15.9. The van der Waals surface area contributed by atoms with Crippen LogP contribution in [0.2, 0.25) is 0 Å². The Balaban J connectivity index is 2.77. The van der Waals surface area contributed by atoms with Gasteiger partial charge in [-0.15, -0.1) is 0 Å². The fraction of sp³-hybridized carbons (Fsp3) is 0. The van der Waals surface area contributed by atoms with Gasteiger partial charge in [0.1, 0.15) is 5.76 Å². The predicted molar refractivity (Wildman–Crippen MR) is 33.8 cm³/mol. The first-order chi connectivity index (χ1) is 4.39. The van der Waals surface area contributed by atoms with Gasteiger partial charge in [-0.1, -0.05) is 0 Å². The summed E-state index contributed by atoms with van der Waals surface area (Å²) < 4.78 is 0. The second kappa shape index (κ2) is 2.81. The quantitative estimate of drug-likeness (QED) is 0.524. The average Bonchev–Trinajstić information content (AvgIpc) is 1.79. The van der Waals surface area contributed by atoms with Crippen LogP contribution in [0.5, 0.6) is 0 Å². The lowest BCUT2D eigenvalue weighted by molar-refractivity contribution is 0.432. The minimum Gasteiger partial charge on any atom is -0.508 e. The zero-order chi connectivity index (χ0) is 6.53. The van der Waals surface area contributed by atoms with Gasteiger partial charge in [0.2, 0.25) is 0 Å². The van der Waals surface area contributed by atoms with Gasteiger partial charge in [0.25, 0.3) is 0 Å². The van der Waals surface area contributed by atoms with Gasteiger partial charge in [-0.05, 0) is 12.2 Å². The van der Waals surface area contributed by atoms with Crippen LogP contribution >= 0.6 is 0 Å². The predicted octanol–water partition coefficient (Wildman–Crippen LogP) is 1.92. The molecule has 9 heavy (non-hydrogen) atoms. The molecule has 0 radical (unpaired) electrons. The van der Waals surface area contributed by atoms with Crippen molar-refractivity contribution < 1.29 is 5.11 Å². The van der Waals surface area contributed by atoms with Crippen LogP contribution < -0.4 is 0 Å². The molecule has 1 aliphatic heterocycles. The fourth-order valence-electron chi connectivity index (χ4n) is 0.422. The third kappa shape index (κ3) is 1.90. The van der Waals surface area contributed by atoms with Gasteiger partial charge < -0.3 is 5.11 Å². The van der Waals surface area contributed by atoms with Crippen molar-refractivity contribution in [3.05, 3.63) is 36.4 Å². The molecule has 0 aromatic carbocycles. The van der Waals surface area contributed by atoms with Gasteiger partial charge >= 0.3 is 0 Å². The minimum atomic E-state index is 0.185. The summed E-state index contributed by atoms with van der Waals surface area (Å²) in [4.78, 5) is 0. The Morgan fingerprint density at radius 1 is 1.22 bits per heavy atom. The largest absolute Gasteiger partial charge is 0.508 e. The van der Waals surface area contributed by atoms with E-state index in [1.807, 2.05) is 0 Å². The number of hydrogen-bond donors (Lipinski definition) is 1. The molecule has 0 saturated carbocycles. The second-order valence-electron chi connectivity index (χ2n) is 1.48. The number of rotatable bonds is 0. The molecule has 0 amide bonds. The molecule has 1 aliphatic rings. The van der Waals surface area contributed by atoms with Crippen LogP contribution in [0.1, 0.15) is 0 Å². The maximum Gasteiger partial charge on any atom is 0.117 e. The second-order valence-corrected chi connectivity index (χ2v) is 1.48. The Labute approximate surface area is 52.7 Å². The molecule has 3 heteroatoms. The van der Waals surface area contributed by atoms with E-state index in [1.165, 1.54) is 24.6 Å². The standard InChI is InChI=1S/C6H6N2O/c9-6-2-1-4-7-8-5-3-6/h1-5,9H. The smallest absolute Gasteiger partial charge is 0.117 e. The summed E-state index contributed by atoms with van der Waals surface area (Å²) in [5.74, 6) is 0.185. The highest BCUT2D eigenvalue weighted by Gasteiger charge is 1.81. The van der Waals surface area contributed by atoms with E-state index in [1.54, 1.807) is 6.08 Å². The highest BCUT2D eigenvalue weighted by atomic mass is 16.3. The Bertz CT molecular complexity index is 201. The highest BCUT2D eigenvalue weighted by Crippen LogP contribution is 1.95. The zero-order valence-corrected chi connectivity index (χ0v) is 4.73. The normalized spacial score (nSPS) is 16.7. The first-order valence-electron chi connectivity index (χ1n) is 2.52. The van der Waals surface area contributed by atoms with Crippen molar-refractivity contribution >= 4 is 0 Å². The van der Waals surface area contributed by atoms with Crippen molar-refractivity contribution in [1.82, 2.24) is 0 Å². The molecular formula is C6H6N2O. The van der Waals surface area contributed by atoms with Crippen molar-refractivity contribution in [2.24, 2.45) is 10.2 Å². The average molecular weight is 122 g/mol. The fourth-order valence-corrected chi connectivity index (χ4v) is 0.422. The lowest BCUT2D eigenvalue weighted by Gasteiger charge is -1.86. The summed E-state index contributed by atoms with van der Waals surface area (Å²) >= 11 is 0. The van der Waals surface area contributed by atoms with E-state index in [0.717, 1.165) is 0 Å². The van der Waals surface area contributed by atoms with Crippen molar-refractivity contribution in [3.8, 4) is 0 Å². The molecule has 0 spiro atoms. The van der Waals surface area contributed by atoms with Crippen LogP contribution in [0.15, 0.2) is 46.6 Å². The maximum atomic E-state index is 8.84. The summed E-state index contributed by atoms with van der Waals surface area (Å²) in [6.07, 6.45) is 7.54. The number of aliphatic hydroxyl groups excluding tert-OH is 1. The number of nitrogens with zero attached hydrogens (tertiary/aromatic N) is 2. The monoisotopic (exact) mass is 122 g/mol. The molecule has 1 heterocycles. The lowest BCUT2D eigenvalue weighted by atomic mass is 10.4. The van der Waals surface area contributed by atoms with Gasteiger partial charge in [-0.2, -0.15) is 10.2 Å². The van der Waals surface area contributed by atoms with Gasteiger partial charge in [-0.3, -0.25) is 0 Å². The zero-order valence-electron chi connectivity index (χ0n) is 4.73. The molecule has 0 saturated heterocycles. The molecule has 0 atom stereocenters. The molecule has 1 rings (SSSR count). The van der Waals surface area contributed by atoms with Crippen LogP contribution in [0.3, 0.4) is 0 Å². The van der Waals surface area contributed by atoms with Crippen molar-refractivity contribution in [2.75, 3.05) is 0 Å². The molecule has 0 aromatic rings. The van der Waals surface area contributed by atoms with Crippen LogP contribution in [0.25, 0.3) is 0 Å². The SMILES string of the molecule is OC1=CC=CN=NC=C1. The van der Waals surface area contributed by atoms with Gasteiger partial charge in [0.15, 0.2) is 0 Å². The third-order valence-corrected chi connectivity index (χ3v) is 0.798. The van der Waals surface area contributed by atoms with Crippen molar-refractivity contribution in [1.29, 1.82) is 0 Å². The van der Waals surface area contributed by atoms with Crippen LogP contribution in [0.4, 0.5) is 0 Å². The Morgan fingerprint density at radius 2 is 2.00 bits per heavy atom. The van der Waals surface area contributed by atoms with Crippen LogP contribution in [-0.2, 0) is 0 Å². The Kier molecular flexibility index (Phi) is 1.80. The van der Waals surface area contributed by atoms with Crippen molar-refractivity contribution in [3.63, 3.8) is 0 Å². The molecule has 0 bridgehead atoms. The first-order valence-corrected chi connectivity index (χ1v) is 2.52. The van der Waals surface area contributed by atoms with Gasteiger partial charge in [-0.25, -0.2) is 0 Å². The van der Waals surface area contributed by atoms with E-state index in [-0.39, 0.29) is 5.76 Å².